The fraction of sp³-hybridized carbons (Fsp3) is 0.676. The van der Waals surface area contributed by atoms with Crippen LogP contribution < -0.4 is 5.32 Å². The quantitative estimate of drug-likeness (QED) is 0.155. The lowest BCUT2D eigenvalue weighted by atomic mass is 10.1. The minimum absolute atomic E-state index is 0.276. The topological polar surface area (TPSA) is 175 Å². The van der Waals surface area contributed by atoms with E-state index >= 15 is 0 Å². The molecule has 1 aromatic carbocycles. The minimum atomic E-state index is -3.39. The van der Waals surface area contributed by atoms with Gasteiger partial charge < -0.3 is 24.3 Å². The first kappa shape index (κ1) is 44.8. The summed E-state index contributed by atoms with van der Waals surface area (Å²) < 4.78 is 45.5. The molecular formula is C34H55N3O11S2. The van der Waals surface area contributed by atoms with Gasteiger partial charge in [-0.1, -0.05) is 0 Å². The number of anilines is 1. The lowest BCUT2D eigenvalue weighted by Crippen LogP contribution is -2.56. The summed E-state index contributed by atoms with van der Waals surface area (Å²) in [5.74, 6) is -3.58. The van der Waals surface area contributed by atoms with Crippen LogP contribution in [0.4, 0.5) is 5.69 Å². The Morgan fingerprint density at radius 3 is 1.30 bits per heavy atom. The Morgan fingerprint density at radius 2 is 0.980 bits per heavy atom. The molecule has 0 aliphatic carbocycles. The summed E-state index contributed by atoms with van der Waals surface area (Å²) in [6, 6.07) is 4.64. The largest absolute Gasteiger partial charge is 0.459 e. The Kier molecular flexibility index (Phi) is 16.0. The number of carbonyl (C=O) groups is 5. The van der Waals surface area contributed by atoms with Gasteiger partial charge in [-0.2, -0.15) is 0 Å². The van der Waals surface area contributed by atoms with E-state index in [-0.39, 0.29) is 12.2 Å². The van der Waals surface area contributed by atoms with E-state index in [9.17, 15) is 32.4 Å². The molecule has 1 rings (SSSR count). The molecule has 0 aliphatic rings. The molecule has 0 heterocycles. The van der Waals surface area contributed by atoms with Crippen molar-refractivity contribution in [1.29, 1.82) is 0 Å². The molecule has 0 spiro atoms. The van der Waals surface area contributed by atoms with E-state index in [0.717, 1.165) is 6.26 Å². The molecule has 0 radical (unpaired) electrons. The zero-order chi connectivity index (χ0) is 38.9. The maximum absolute atomic E-state index is 14.1. The van der Waals surface area contributed by atoms with E-state index in [4.69, 9.17) is 18.9 Å². The third-order valence-corrected chi connectivity index (χ3v) is 7.85. The highest BCUT2D eigenvalue weighted by Gasteiger charge is 2.35. The van der Waals surface area contributed by atoms with E-state index in [1.165, 1.54) is 34.1 Å². The summed E-state index contributed by atoms with van der Waals surface area (Å²) in [7, 11) is -2.75. The van der Waals surface area contributed by atoms with Gasteiger partial charge in [-0.05, 0) is 107 Å². The predicted octanol–water partition coefficient (Wildman–Crippen LogP) is 4.02. The van der Waals surface area contributed by atoms with Crippen molar-refractivity contribution in [2.75, 3.05) is 44.3 Å². The highest BCUT2D eigenvalue weighted by molar-refractivity contribution is 8.71. The van der Waals surface area contributed by atoms with Crippen molar-refractivity contribution < 1.29 is 51.3 Å². The van der Waals surface area contributed by atoms with Crippen molar-refractivity contribution in [3.8, 4) is 0 Å². The fourth-order valence-corrected chi connectivity index (χ4v) is 6.24. The Morgan fingerprint density at radius 1 is 0.640 bits per heavy atom. The Labute approximate surface area is 300 Å². The number of carbonyl (C=O) groups excluding carboxylic acids is 5. The Hall–Kier alpha value is -3.21. The first-order chi connectivity index (χ1) is 22.4. The summed E-state index contributed by atoms with van der Waals surface area (Å²) >= 11 is 0. The van der Waals surface area contributed by atoms with Gasteiger partial charge in [0, 0.05) is 34.2 Å². The summed E-state index contributed by atoms with van der Waals surface area (Å²) in [4.78, 5) is 69.5. The zero-order valence-corrected chi connectivity index (χ0v) is 33.3. The average molecular weight is 746 g/mol. The second-order valence-electron chi connectivity index (χ2n) is 15.7. The molecule has 1 aromatic rings. The zero-order valence-electron chi connectivity index (χ0n) is 31.6. The SMILES string of the molecule is CC(C)(C)OC(=O)CN(CC(=O)OC(C)(C)C)C[C@H](C(=O)Nc1ccc(SS(C)(=O)=O)cc1)N(CC(=O)OC(C)(C)C)CC(=O)OC(C)(C)C. The Balaban J connectivity index is 3.70. The number of benzene rings is 1. The van der Waals surface area contributed by atoms with Gasteiger partial charge in [0.15, 0.2) is 0 Å². The van der Waals surface area contributed by atoms with Gasteiger partial charge in [0.05, 0.1) is 26.2 Å². The summed E-state index contributed by atoms with van der Waals surface area (Å²) in [5, 5.41) is 2.74. The van der Waals surface area contributed by atoms with E-state index in [2.05, 4.69) is 5.32 Å². The molecule has 0 fully saturated rings. The molecule has 1 amide bonds. The van der Waals surface area contributed by atoms with Crippen molar-refractivity contribution in [2.24, 2.45) is 0 Å². The number of esters is 4. The van der Waals surface area contributed by atoms with Gasteiger partial charge in [-0.3, -0.25) is 33.8 Å². The number of hydrogen-bond acceptors (Lipinski definition) is 14. The fourth-order valence-electron chi connectivity index (χ4n) is 4.26. The summed E-state index contributed by atoms with van der Waals surface area (Å²) in [5.41, 5.74) is -3.22. The molecule has 0 aliphatic heterocycles. The average Bonchev–Trinajstić information content (AvgIpc) is 2.82. The number of amides is 1. The van der Waals surface area contributed by atoms with E-state index in [1.807, 2.05) is 0 Å². The number of ether oxygens (including phenoxy) is 4. The molecule has 50 heavy (non-hydrogen) atoms. The van der Waals surface area contributed by atoms with Gasteiger partial charge in [-0.15, -0.1) is 0 Å². The lowest BCUT2D eigenvalue weighted by molar-refractivity contribution is -0.165. The molecule has 16 heteroatoms. The smallest absolute Gasteiger partial charge is 0.320 e. The maximum atomic E-state index is 14.1. The highest BCUT2D eigenvalue weighted by Crippen LogP contribution is 2.25. The highest BCUT2D eigenvalue weighted by atomic mass is 33.1. The van der Waals surface area contributed by atoms with Gasteiger partial charge >= 0.3 is 23.9 Å². The number of rotatable bonds is 15. The molecule has 0 unspecified atom stereocenters. The second kappa shape index (κ2) is 17.8. The van der Waals surface area contributed by atoms with Crippen molar-refractivity contribution in [1.82, 2.24) is 9.80 Å². The number of nitrogens with one attached hydrogen (secondary N) is 1. The molecule has 0 saturated carbocycles. The number of hydrogen-bond donors (Lipinski definition) is 1. The predicted molar refractivity (Wildman–Crippen MR) is 191 cm³/mol. The summed E-state index contributed by atoms with van der Waals surface area (Å²) in [6.45, 7) is 17.8. The van der Waals surface area contributed by atoms with Crippen LogP contribution >= 0.6 is 10.8 Å². The molecule has 0 aromatic heterocycles. The Bertz CT molecular complexity index is 1390. The monoisotopic (exact) mass is 745 g/mol. The molecule has 1 N–H and O–H groups in total. The molecule has 1 atom stereocenters. The van der Waals surface area contributed by atoms with Crippen LogP contribution in [0.2, 0.25) is 0 Å². The molecule has 14 nitrogen and oxygen atoms in total. The van der Waals surface area contributed by atoms with Gasteiger partial charge in [0.1, 0.15) is 28.4 Å². The molecule has 0 saturated heterocycles. The maximum Gasteiger partial charge on any atom is 0.320 e. The van der Waals surface area contributed by atoms with Crippen molar-refractivity contribution in [3.05, 3.63) is 24.3 Å². The minimum Gasteiger partial charge on any atom is -0.459 e. The van der Waals surface area contributed by atoms with Gasteiger partial charge in [-0.25, -0.2) is 8.42 Å². The van der Waals surface area contributed by atoms with Crippen molar-refractivity contribution in [3.63, 3.8) is 0 Å². The van der Waals surface area contributed by atoms with Crippen LogP contribution in [0.5, 0.6) is 0 Å². The van der Waals surface area contributed by atoms with Crippen LogP contribution in [0, 0.1) is 0 Å². The van der Waals surface area contributed by atoms with Crippen molar-refractivity contribution in [2.45, 2.75) is 116 Å². The normalized spacial score (nSPS) is 13.4. The lowest BCUT2D eigenvalue weighted by Gasteiger charge is -2.34. The number of nitrogens with zero attached hydrogens (tertiary/aromatic N) is 2. The standard InChI is InChI=1S/C34H55N3O11S2/c1-31(2,3)45-26(38)19-36(20-27(39)46-32(4,5)6)18-25(30(42)35-23-14-16-24(17-15-23)49-50(13,43)44)37(21-28(40)47-33(7,8)9)22-29(41)48-34(10,11)12/h14-17,25H,18-22H2,1-13H3,(H,35,42)/t25-/m1/s1. The third kappa shape index (κ3) is 21.1. The molecule has 284 valence electrons. The van der Waals surface area contributed by atoms with Crippen LogP contribution in [-0.2, 0) is 51.8 Å². The van der Waals surface area contributed by atoms with Gasteiger partial charge in [0.25, 0.3) is 0 Å². The molecule has 0 bridgehead atoms. The third-order valence-electron chi connectivity index (χ3n) is 5.59. The van der Waals surface area contributed by atoms with Crippen LogP contribution in [0.25, 0.3) is 0 Å². The van der Waals surface area contributed by atoms with E-state index in [1.54, 1.807) is 83.1 Å². The summed E-state index contributed by atoms with van der Waals surface area (Å²) in [6.07, 6.45) is 1.07. The van der Waals surface area contributed by atoms with Gasteiger partial charge in [0.2, 0.25) is 14.8 Å². The first-order valence-corrected chi connectivity index (χ1v) is 19.3. The van der Waals surface area contributed by atoms with E-state index < -0.39 is 93.3 Å². The molecular weight excluding hydrogens is 691 g/mol. The van der Waals surface area contributed by atoms with Crippen LogP contribution in [-0.4, -0.2) is 115 Å². The van der Waals surface area contributed by atoms with Crippen LogP contribution in [0.3, 0.4) is 0 Å². The second-order valence-corrected chi connectivity index (χ2v) is 20.1. The van der Waals surface area contributed by atoms with Crippen LogP contribution in [0.15, 0.2) is 29.2 Å². The van der Waals surface area contributed by atoms with Crippen molar-refractivity contribution >= 4 is 55.1 Å². The van der Waals surface area contributed by atoms with E-state index in [0.29, 0.717) is 15.7 Å². The first-order valence-electron chi connectivity index (χ1n) is 16.0. The van der Waals surface area contributed by atoms with Crippen LogP contribution in [0.1, 0.15) is 83.1 Å².